The third kappa shape index (κ3) is 11.8. The summed E-state index contributed by atoms with van der Waals surface area (Å²) in [5.41, 5.74) is 3.00. The molecule has 5 aliphatic rings. The predicted octanol–water partition coefficient (Wildman–Crippen LogP) is 8.65. The van der Waals surface area contributed by atoms with Crippen LogP contribution in [0.1, 0.15) is 65.6 Å². The number of rotatable bonds is 19. The highest BCUT2D eigenvalue weighted by Crippen LogP contribution is 2.39. The summed E-state index contributed by atoms with van der Waals surface area (Å²) in [6.07, 6.45) is 4.30. The summed E-state index contributed by atoms with van der Waals surface area (Å²) < 4.78 is 84.3. The van der Waals surface area contributed by atoms with E-state index in [4.69, 9.17) is 46.9 Å². The van der Waals surface area contributed by atoms with E-state index >= 15 is 0 Å². The molecule has 10 rings (SSSR count). The van der Waals surface area contributed by atoms with Gasteiger partial charge in [-0.05, 0) is 109 Å². The molecule has 4 aliphatic heterocycles. The minimum Gasteiger partial charge on any atom is -0.619 e. The Morgan fingerprint density at radius 1 is 0.812 bits per heavy atom. The van der Waals surface area contributed by atoms with Gasteiger partial charge >= 0.3 is 18.7 Å². The number of esters is 1. The summed E-state index contributed by atoms with van der Waals surface area (Å²) in [6.45, 7) is -0.204. The smallest absolute Gasteiger partial charge is 0.408 e. The van der Waals surface area contributed by atoms with Crippen LogP contribution in [0, 0.1) is 23.0 Å². The van der Waals surface area contributed by atoms with Gasteiger partial charge in [-0.2, -0.15) is 17.8 Å². The number of sulfonamides is 1. The standard InChI is InChI=1S/C50H50Cl2F2N4O10S/c51-41-26-57(61)27-42(52)40(41)23-44(35-13-16-43(67-49(53)54)45(22-35)65-30-31-9-10-31)66-48(59)37-24-58(25-37)69(62,63)39-14-11-32(12-15-39)29-64-38-8-4-7-36(21-38)47(34-5-2-1-3-6-34)55-50(60)68-46-28-56-19-17-33(46)18-20-56/h1-8,11-16,21-22,26-27,31,33,37,44,46-47,49H,9-10,17-20,23-25,28-30H2,(H,55,60)/t44-,46-,47-/m0/s1. The maximum absolute atomic E-state index is 13.7. The lowest BCUT2D eigenvalue weighted by molar-refractivity contribution is -0.605. The highest BCUT2D eigenvalue weighted by molar-refractivity contribution is 7.89. The molecule has 3 atom stereocenters. The van der Waals surface area contributed by atoms with Crippen LogP contribution in [0.3, 0.4) is 0 Å². The van der Waals surface area contributed by atoms with Crippen LogP contribution >= 0.6 is 23.2 Å². The Morgan fingerprint density at radius 2 is 1.52 bits per heavy atom. The molecule has 0 radical (unpaired) electrons. The lowest BCUT2D eigenvalue weighted by Gasteiger charge is -2.43. The van der Waals surface area contributed by atoms with Gasteiger partial charge in [0.25, 0.3) is 0 Å². The second kappa shape index (κ2) is 21.1. The van der Waals surface area contributed by atoms with Crippen molar-refractivity contribution in [2.75, 3.05) is 39.3 Å². The van der Waals surface area contributed by atoms with Gasteiger partial charge in [0.05, 0.1) is 23.5 Å². The average Bonchev–Trinajstić information content (AvgIpc) is 4.15. The Labute approximate surface area is 408 Å². The van der Waals surface area contributed by atoms with Crippen molar-refractivity contribution in [1.29, 1.82) is 0 Å². The quantitative estimate of drug-likeness (QED) is 0.0479. The Kier molecular flexibility index (Phi) is 14.8. The molecule has 19 heteroatoms. The minimum absolute atomic E-state index is 0.00806. The zero-order valence-corrected chi connectivity index (χ0v) is 39.6. The maximum Gasteiger partial charge on any atom is 0.408 e. The number of amides is 1. The van der Waals surface area contributed by atoms with E-state index in [0.29, 0.717) is 33.1 Å². The lowest BCUT2D eigenvalue weighted by atomic mass is 9.86. The molecule has 5 aromatic rings. The van der Waals surface area contributed by atoms with E-state index in [1.54, 1.807) is 18.2 Å². The molecular weight excluding hydrogens is 958 g/mol. The monoisotopic (exact) mass is 1010 g/mol. The molecule has 0 unspecified atom stereocenters. The van der Waals surface area contributed by atoms with Gasteiger partial charge in [-0.15, -0.1) is 0 Å². The van der Waals surface area contributed by atoms with Crippen LogP contribution < -0.4 is 24.3 Å². The lowest BCUT2D eigenvalue weighted by Crippen LogP contribution is -2.53. The predicted molar refractivity (Wildman–Crippen MR) is 250 cm³/mol. The van der Waals surface area contributed by atoms with Crippen LogP contribution in [-0.2, 0) is 37.3 Å². The number of aromatic nitrogens is 1. The fourth-order valence-electron chi connectivity index (χ4n) is 8.88. The molecule has 5 heterocycles. The third-order valence-electron chi connectivity index (χ3n) is 13.0. The number of halogens is 4. The number of ether oxygens (including phenoxy) is 5. The number of nitrogens with one attached hydrogen (secondary N) is 1. The van der Waals surface area contributed by atoms with Crippen LogP contribution in [0.4, 0.5) is 13.6 Å². The highest BCUT2D eigenvalue weighted by atomic mass is 35.5. The first-order valence-corrected chi connectivity index (χ1v) is 25.0. The van der Waals surface area contributed by atoms with Crippen LogP contribution in [0.2, 0.25) is 10.0 Å². The number of alkyl halides is 2. The van der Waals surface area contributed by atoms with Crippen molar-refractivity contribution in [2.45, 2.75) is 68.5 Å². The van der Waals surface area contributed by atoms with Crippen LogP contribution in [-0.4, -0.2) is 81.7 Å². The number of piperidine rings is 3. The van der Waals surface area contributed by atoms with E-state index in [2.05, 4.69) is 10.2 Å². The molecule has 364 valence electrons. The SMILES string of the molecule is O=C(N[C@@H](c1ccccc1)c1cccc(OCc2ccc(S(=O)(=O)N3CC(C(=O)O[C@@H](Cc4c(Cl)c[n+]([O-])cc4Cl)c4ccc(OC(F)F)c(OCC5CC5)c4)C3)cc2)c1)O[C@H]1CN2CCC1CC2. The molecule has 1 N–H and O–H groups in total. The van der Waals surface area contributed by atoms with Gasteiger partial charge in [0.2, 0.25) is 10.0 Å². The number of carbonyl (C=O) groups excluding carboxylic acids is 2. The first kappa shape index (κ1) is 48.3. The molecule has 2 bridgehead atoms. The van der Waals surface area contributed by atoms with Gasteiger partial charge in [0.1, 0.15) is 34.6 Å². The molecule has 1 saturated carbocycles. The second-order valence-corrected chi connectivity index (χ2v) is 20.6. The number of nitrogens with zero attached hydrogens (tertiary/aromatic N) is 3. The number of benzene rings is 4. The minimum atomic E-state index is -4.01. The van der Waals surface area contributed by atoms with Crippen molar-refractivity contribution in [1.82, 2.24) is 14.5 Å². The summed E-state index contributed by atoms with van der Waals surface area (Å²) >= 11 is 12.8. The van der Waals surface area contributed by atoms with Gasteiger partial charge in [-0.25, -0.2) is 13.2 Å². The van der Waals surface area contributed by atoms with Crippen molar-refractivity contribution < 1.29 is 55.2 Å². The zero-order chi connectivity index (χ0) is 48.2. The number of alkyl carbamates (subject to hydrolysis) is 1. The van der Waals surface area contributed by atoms with E-state index < -0.39 is 46.8 Å². The van der Waals surface area contributed by atoms with E-state index in [9.17, 15) is 32.0 Å². The number of hydrogen-bond acceptors (Lipinski definition) is 11. The number of pyridine rings is 1. The van der Waals surface area contributed by atoms with Crippen LogP contribution in [0.5, 0.6) is 17.2 Å². The summed E-state index contributed by atoms with van der Waals surface area (Å²) in [7, 11) is -4.01. The summed E-state index contributed by atoms with van der Waals surface area (Å²) in [5, 5.41) is 15.1. The molecule has 1 aliphatic carbocycles. The Bertz CT molecular complexity index is 2720. The molecule has 1 aromatic heterocycles. The van der Waals surface area contributed by atoms with Gasteiger partial charge in [-0.3, -0.25) is 9.69 Å². The second-order valence-electron chi connectivity index (χ2n) is 17.9. The molecule has 14 nitrogen and oxygen atoms in total. The van der Waals surface area contributed by atoms with Crippen molar-refractivity contribution in [3.8, 4) is 17.2 Å². The first-order valence-electron chi connectivity index (χ1n) is 22.8. The number of carbonyl (C=O) groups is 2. The Balaban J connectivity index is 0.826. The van der Waals surface area contributed by atoms with Crippen molar-refractivity contribution in [2.24, 2.45) is 17.8 Å². The molecule has 0 spiro atoms. The van der Waals surface area contributed by atoms with E-state index in [1.807, 2.05) is 48.5 Å². The largest absolute Gasteiger partial charge is 0.619 e. The van der Waals surface area contributed by atoms with Crippen LogP contribution in [0.15, 0.2) is 114 Å². The molecule has 4 saturated heterocycles. The van der Waals surface area contributed by atoms with Crippen molar-refractivity contribution in [3.05, 3.63) is 153 Å². The highest BCUT2D eigenvalue weighted by Gasteiger charge is 2.43. The maximum atomic E-state index is 13.7. The fraction of sp³-hybridized carbons (Fsp3) is 0.380. The molecule has 5 fully saturated rings. The summed E-state index contributed by atoms with van der Waals surface area (Å²) in [5.74, 6) is -0.529. The van der Waals surface area contributed by atoms with E-state index in [-0.39, 0.29) is 71.2 Å². The Morgan fingerprint density at radius 3 is 2.19 bits per heavy atom. The normalized spacial score (nSPS) is 20.1. The van der Waals surface area contributed by atoms with Gasteiger partial charge < -0.3 is 34.2 Å². The molecule has 1 amide bonds. The average molecular weight is 1010 g/mol. The van der Waals surface area contributed by atoms with E-state index in [0.717, 1.165) is 68.8 Å². The molecule has 4 aromatic carbocycles. The van der Waals surface area contributed by atoms with Gasteiger partial charge in [-0.1, -0.05) is 83.9 Å². The summed E-state index contributed by atoms with van der Waals surface area (Å²) in [4.78, 5) is 29.4. The first-order chi connectivity index (χ1) is 33.2. The topological polar surface area (TPSA) is 160 Å². The third-order valence-corrected chi connectivity index (χ3v) is 15.5. The fourth-order valence-corrected chi connectivity index (χ4v) is 11.0. The van der Waals surface area contributed by atoms with Crippen LogP contribution in [0.25, 0.3) is 0 Å². The number of fused-ring (bicyclic) bond motifs is 3. The Hall–Kier alpha value is -5.72. The van der Waals surface area contributed by atoms with Crippen molar-refractivity contribution >= 4 is 45.3 Å². The van der Waals surface area contributed by atoms with E-state index in [1.165, 1.54) is 34.6 Å². The van der Waals surface area contributed by atoms with Gasteiger partial charge in [0, 0.05) is 31.6 Å². The van der Waals surface area contributed by atoms with Gasteiger partial charge in [0.15, 0.2) is 23.9 Å². The number of hydrogen-bond donors (Lipinski definition) is 1. The summed E-state index contributed by atoms with van der Waals surface area (Å²) in [6, 6.07) is 27.0. The van der Waals surface area contributed by atoms with Crippen molar-refractivity contribution in [3.63, 3.8) is 0 Å². The molecular formula is C50H50Cl2F2N4O10S. The molecule has 69 heavy (non-hydrogen) atoms. The zero-order valence-electron chi connectivity index (χ0n) is 37.3.